The Morgan fingerprint density at radius 3 is 2.82 bits per heavy atom. The second-order valence-corrected chi connectivity index (χ2v) is 8.34. The maximum absolute atomic E-state index is 12.6. The molecule has 0 atom stereocenters. The highest BCUT2D eigenvalue weighted by atomic mass is 32.1. The minimum Gasteiger partial charge on any atom is -0.354 e. The second-order valence-electron chi connectivity index (χ2n) is 6.97. The molecule has 2 heterocycles. The number of hydrogen-bond donors (Lipinski definition) is 4. The molecule has 0 radical (unpaired) electrons. The first kappa shape index (κ1) is 20.2. The second kappa shape index (κ2) is 8.67. The summed E-state index contributed by atoms with van der Waals surface area (Å²) in [7, 11) is 0. The van der Waals surface area contributed by atoms with Crippen LogP contribution in [0.1, 0.15) is 52.5 Å². The molecule has 1 aromatic carbocycles. The van der Waals surface area contributed by atoms with Gasteiger partial charge in [0.25, 0.3) is 5.91 Å². The predicted octanol–water partition coefficient (Wildman–Crippen LogP) is 4.86. The first-order chi connectivity index (χ1) is 13.4. The van der Waals surface area contributed by atoms with Gasteiger partial charge in [-0.25, -0.2) is 4.98 Å². The number of amides is 1. The van der Waals surface area contributed by atoms with E-state index < -0.39 is 0 Å². The van der Waals surface area contributed by atoms with Crippen LogP contribution in [0.4, 0.5) is 5.69 Å². The SMILES string of the molecule is C=C1Nc2cc(C(=O)NCc3cnc(C(C)C)s3)ccc2/C=C(C)\C=C\1NS. The van der Waals surface area contributed by atoms with Crippen molar-refractivity contribution in [2.75, 3.05) is 5.32 Å². The van der Waals surface area contributed by atoms with Crippen LogP contribution in [0.2, 0.25) is 0 Å². The number of thiol groups is 1. The highest BCUT2D eigenvalue weighted by molar-refractivity contribution is 7.78. The minimum absolute atomic E-state index is 0.124. The Hall–Kier alpha value is -2.51. The van der Waals surface area contributed by atoms with Crippen molar-refractivity contribution in [2.24, 2.45) is 0 Å². The quantitative estimate of drug-likeness (QED) is 0.530. The van der Waals surface area contributed by atoms with E-state index in [4.69, 9.17) is 0 Å². The fraction of sp³-hybridized carbons (Fsp3) is 0.238. The number of allylic oxidation sites excluding steroid dienone is 2. The average Bonchev–Trinajstić information content (AvgIpc) is 3.13. The van der Waals surface area contributed by atoms with Crippen molar-refractivity contribution in [1.29, 1.82) is 0 Å². The van der Waals surface area contributed by atoms with Crippen molar-refractivity contribution in [2.45, 2.75) is 33.2 Å². The van der Waals surface area contributed by atoms with Gasteiger partial charge in [-0.15, -0.1) is 11.3 Å². The number of nitrogens with one attached hydrogen (secondary N) is 3. The van der Waals surface area contributed by atoms with Crippen LogP contribution in [0, 0.1) is 0 Å². The summed E-state index contributed by atoms with van der Waals surface area (Å²) in [6, 6.07) is 5.61. The molecule has 3 rings (SSSR count). The molecule has 1 aromatic heterocycles. The third-order valence-corrected chi connectivity index (χ3v) is 5.83. The van der Waals surface area contributed by atoms with E-state index in [1.54, 1.807) is 11.3 Å². The van der Waals surface area contributed by atoms with E-state index in [0.717, 1.165) is 32.4 Å². The van der Waals surface area contributed by atoms with Crippen molar-refractivity contribution in [1.82, 2.24) is 15.0 Å². The van der Waals surface area contributed by atoms with Crippen molar-refractivity contribution >= 4 is 41.8 Å². The number of carbonyl (C=O) groups excluding carboxylic acids is 1. The summed E-state index contributed by atoms with van der Waals surface area (Å²) in [6.07, 6.45) is 5.84. The zero-order chi connectivity index (χ0) is 20.3. The van der Waals surface area contributed by atoms with Gasteiger partial charge in [0.2, 0.25) is 0 Å². The molecule has 28 heavy (non-hydrogen) atoms. The summed E-state index contributed by atoms with van der Waals surface area (Å²) >= 11 is 5.76. The van der Waals surface area contributed by atoms with Gasteiger partial charge < -0.3 is 15.4 Å². The topological polar surface area (TPSA) is 66.0 Å². The molecule has 2 aromatic rings. The van der Waals surface area contributed by atoms with Crippen molar-refractivity contribution in [3.05, 3.63) is 75.0 Å². The number of thiazole rings is 1. The highest BCUT2D eigenvalue weighted by Crippen LogP contribution is 2.27. The fourth-order valence-corrected chi connectivity index (χ4v) is 3.86. The van der Waals surface area contributed by atoms with E-state index in [1.807, 2.05) is 43.5 Å². The van der Waals surface area contributed by atoms with Gasteiger partial charge >= 0.3 is 0 Å². The van der Waals surface area contributed by atoms with Gasteiger partial charge in [0, 0.05) is 28.2 Å². The Bertz CT molecular complexity index is 973. The van der Waals surface area contributed by atoms with Crippen LogP contribution in [0.15, 0.2) is 54.0 Å². The van der Waals surface area contributed by atoms with Gasteiger partial charge in [-0.1, -0.05) is 39.3 Å². The van der Waals surface area contributed by atoms with Crippen LogP contribution in [0.25, 0.3) is 6.08 Å². The Kier molecular flexibility index (Phi) is 6.26. The lowest BCUT2D eigenvalue weighted by Gasteiger charge is -2.18. The zero-order valence-corrected chi connectivity index (χ0v) is 17.9. The Labute approximate surface area is 175 Å². The van der Waals surface area contributed by atoms with Gasteiger partial charge in [-0.2, -0.15) is 0 Å². The van der Waals surface area contributed by atoms with Gasteiger partial charge in [-0.3, -0.25) is 4.79 Å². The van der Waals surface area contributed by atoms with Gasteiger partial charge in [0.1, 0.15) is 0 Å². The molecule has 0 spiro atoms. The standard InChI is InChI=1S/C21H24N4OS2/c1-12(2)21-23-11-17(28-21)10-22-20(26)16-6-5-15-7-13(3)8-18(25-27)14(4)24-19(15)9-16/h5-9,11-12,24-25,27H,4,10H2,1-3H3,(H,22,26)/b13-7-,18-8-. The number of fused-ring (bicyclic) bond motifs is 1. The molecule has 0 aliphatic carbocycles. The van der Waals surface area contributed by atoms with E-state index in [1.165, 1.54) is 0 Å². The maximum atomic E-state index is 12.6. The van der Waals surface area contributed by atoms with E-state index in [0.29, 0.717) is 23.7 Å². The summed E-state index contributed by atoms with van der Waals surface area (Å²) in [6.45, 7) is 10.7. The Morgan fingerprint density at radius 1 is 1.36 bits per heavy atom. The van der Waals surface area contributed by atoms with E-state index in [-0.39, 0.29) is 5.91 Å². The molecule has 3 N–H and O–H groups in total. The van der Waals surface area contributed by atoms with Crippen LogP contribution >= 0.6 is 24.2 Å². The number of nitrogens with zero attached hydrogens (tertiary/aromatic N) is 1. The first-order valence-electron chi connectivity index (χ1n) is 9.00. The molecule has 1 amide bonds. The van der Waals surface area contributed by atoms with E-state index in [2.05, 4.69) is 53.6 Å². The summed E-state index contributed by atoms with van der Waals surface area (Å²) in [4.78, 5) is 18.1. The fourth-order valence-electron chi connectivity index (χ4n) is 2.80. The average molecular weight is 413 g/mol. The smallest absolute Gasteiger partial charge is 0.251 e. The molecule has 0 bridgehead atoms. The molecule has 0 fully saturated rings. The molecule has 1 aliphatic heterocycles. The third kappa shape index (κ3) is 4.66. The Balaban J connectivity index is 1.76. The van der Waals surface area contributed by atoms with Crippen LogP contribution in [0.5, 0.6) is 0 Å². The van der Waals surface area contributed by atoms with Gasteiger partial charge in [0.05, 0.1) is 22.9 Å². The first-order valence-corrected chi connectivity index (χ1v) is 10.3. The van der Waals surface area contributed by atoms with E-state index in [9.17, 15) is 4.79 Å². The number of hydrogen-bond acceptors (Lipinski definition) is 6. The van der Waals surface area contributed by atoms with Gasteiger partial charge in [0.15, 0.2) is 0 Å². The molecule has 5 nitrogen and oxygen atoms in total. The normalized spacial score (nSPS) is 17.4. The van der Waals surface area contributed by atoms with Crippen molar-refractivity contribution in [3.8, 4) is 0 Å². The number of benzene rings is 1. The molecule has 0 saturated heterocycles. The molecular formula is C21H24N4OS2. The number of carbonyl (C=O) groups is 1. The monoisotopic (exact) mass is 412 g/mol. The maximum Gasteiger partial charge on any atom is 0.251 e. The molecule has 0 saturated carbocycles. The molecule has 7 heteroatoms. The zero-order valence-electron chi connectivity index (χ0n) is 16.2. The van der Waals surface area contributed by atoms with Crippen molar-refractivity contribution in [3.63, 3.8) is 0 Å². The highest BCUT2D eigenvalue weighted by Gasteiger charge is 2.13. The number of aromatic nitrogens is 1. The molecular weight excluding hydrogens is 388 g/mol. The van der Waals surface area contributed by atoms with Crippen LogP contribution < -0.4 is 15.4 Å². The molecule has 1 aliphatic rings. The lowest BCUT2D eigenvalue weighted by atomic mass is 10.0. The largest absolute Gasteiger partial charge is 0.354 e. The van der Waals surface area contributed by atoms with E-state index >= 15 is 0 Å². The molecule has 146 valence electrons. The number of anilines is 1. The summed E-state index contributed by atoms with van der Waals surface area (Å²) in [5.74, 6) is 0.269. The predicted molar refractivity (Wildman–Crippen MR) is 120 cm³/mol. The third-order valence-electron chi connectivity index (χ3n) is 4.29. The summed E-state index contributed by atoms with van der Waals surface area (Å²) in [5, 5.41) is 7.31. The summed E-state index contributed by atoms with van der Waals surface area (Å²) < 4.78 is 2.84. The van der Waals surface area contributed by atoms with Gasteiger partial charge in [-0.05, 0) is 42.3 Å². The lowest BCUT2D eigenvalue weighted by molar-refractivity contribution is 0.0951. The number of rotatable bonds is 5. The van der Waals surface area contributed by atoms with Crippen LogP contribution in [-0.4, -0.2) is 10.9 Å². The van der Waals surface area contributed by atoms with Crippen molar-refractivity contribution < 1.29 is 4.79 Å². The lowest BCUT2D eigenvalue weighted by Crippen LogP contribution is -2.22. The van der Waals surface area contributed by atoms with Crippen LogP contribution in [0.3, 0.4) is 0 Å². The summed E-state index contributed by atoms with van der Waals surface area (Å²) in [5.41, 5.74) is 4.93. The Morgan fingerprint density at radius 2 is 2.14 bits per heavy atom. The van der Waals surface area contributed by atoms with Crippen LogP contribution in [-0.2, 0) is 6.54 Å². The minimum atomic E-state index is -0.124. The molecule has 0 unspecified atom stereocenters.